The molecule has 0 radical (unpaired) electrons. The Hall–Kier alpha value is -0.230. The van der Waals surface area contributed by atoms with E-state index >= 15 is 0 Å². The molecule has 0 fully saturated rings. The molecular formula is C8H17NO3S. The SMILES string of the molecule is COCCOCCCOCC(N)=S. The average Bonchev–Trinajstić information content (AvgIpc) is 2.09. The van der Waals surface area contributed by atoms with Crippen molar-refractivity contribution < 1.29 is 14.2 Å². The minimum absolute atomic E-state index is 0.355. The van der Waals surface area contributed by atoms with E-state index in [0.717, 1.165) is 6.42 Å². The molecule has 0 spiro atoms. The summed E-state index contributed by atoms with van der Waals surface area (Å²) in [6, 6.07) is 0. The van der Waals surface area contributed by atoms with Gasteiger partial charge >= 0.3 is 0 Å². The molecule has 0 aromatic heterocycles. The maximum atomic E-state index is 5.23. The lowest BCUT2D eigenvalue weighted by Crippen LogP contribution is -2.16. The van der Waals surface area contributed by atoms with Gasteiger partial charge in [0.05, 0.1) is 24.8 Å². The first-order chi connectivity index (χ1) is 6.27. The van der Waals surface area contributed by atoms with Crippen molar-refractivity contribution in [3.05, 3.63) is 0 Å². The van der Waals surface area contributed by atoms with Crippen LogP contribution in [-0.4, -0.2) is 45.1 Å². The van der Waals surface area contributed by atoms with Crippen molar-refractivity contribution in [3.8, 4) is 0 Å². The molecule has 0 aliphatic heterocycles. The first-order valence-corrected chi connectivity index (χ1v) is 4.61. The van der Waals surface area contributed by atoms with E-state index in [9.17, 15) is 0 Å². The Bertz CT molecular complexity index is 133. The van der Waals surface area contributed by atoms with Gasteiger partial charge in [0.2, 0.25) is 0 Å². The molecule has 0 rings (SSSR count). The number of ether oxygens (including phenoxy) is 3. The van der Waals surface area contributed by atoms with Gasteiger partial charge in [-0.1, -0.05) is 12.2 Å². The number of methoxy groups -OCH3 is 1. The van der Waals surface area contributed by atoms with E-state index in [1.54, 1.807) is 7.11 Å². The molecular weight excluding hydrogens is 190 g/mol. The largest absolute Gasteiger partial charge is 0.391 e. The first-order valence-electron chi connectivity index (χ1n) is 4.20. The third-order valence-electron chi connectivity index (χ3n) is 1.25. The summed E-state index contributed by atoms with van der Waals surface area (Å²) in [5, 5.41) is 0. The van der Waals surface area contributed by atoms with E-state index in [-0.39, 0.29) is 0 Å². The lowest BCUT2D eigenvalue weighted by atomic mass is 10.5. The van der Waals surface area contributed by atoms with Crippen LogP contribution < -0.4 is 5.73 Å². The summed E-state index contributed by atoms with van der Waals surface area (Å²) in [4.78, 5) is 0.389. The smallest absolute Gasteiger partial charge is 0.0989 e. The van der Waals surface area contributed by atoms with E-state index in [2.05, 4.69) is 12.2 Å². The average molecular weight is 207 g/mol. The Balaban J connectivity index is 2.87. The molecule has 4 nitrogen and oxygen atoms in total. The molecule has 2 N–H and O–H groups in total. The fraction of sp³-hybridized carbons (Fsp3) is 0.875. The second-order valence-corrected chi connectivity index (χ2v) is 3.00. The Labute approximate surface area is 84.3 Å². The Kier molecular flexibility index (Phi) is 9.68. The number of thiocarbonyl (C=S) groups is 1. The van der Waals surface area contributed by atoms with Crippen LogP contribution in [0.4, 0.5) is 0 Å². The topological polar surface area (TPSA) is 53.7 Å². The van der Waals surface area contributed by atoms with Gasteiger partial charge in [0, 0.05) is 20.3 Å². The fourth-order valence-corrected chi connectivity index (χ4v) is 0.763. The Morgan fingerprint density at radius 1 is 1.15 bits per heavy atom. The lowest BCUT2D eigenvalue weighted by Gasteiger charge is -2.04. The predicted octanol–water partition coefficient (Wildman–Crippen LogP) is 0.342. The van der Waals surface area contributed by atoms with Gasteiger partial charge in [0.15, 0.2) is 0 Å². The zero-order chi connectivity index (χ0) is 9.94. The maximum absolute atomic E-state index is 5.23. The van der Waals surface area contributed by atoms with Gasteiger partial charge in [-0.25, -0.2) is 0 Å². The second-order valence-electron chi connectivity index (χ2n) is 2.48. The molecule has 0 unspecified atom stereocenters. The van der Waals surface area contributed by atoms with Crippen LogP contribution in [0.1, 0.15) is 6.42 Å². The molecule has 5 heteroatoms. The van der Waals surface area contributed by atoms with Crippen molar-refractivity contribution in [2.75, 3.05) is 40.1 Å². The number of hydrogen-bond donors (Lipinski definition) is 1. The van der Waals surface area contributed by atoms with Crippen molar-refractivity contribution in [2.45, 2.75) is 6.42 Å². The first kappa shape index (κ1) is 12.8. The lowest BCUT2D eigenvalue weighted by molar-refractivity contribution is 0.0563. The summed E-state index contributed by atoms with van der Waals surface area (Å²) in [6.45, 7) is 2.93. The summed E-state index contributed by atoms with van der Waals surface area (Å²) in [5.74, 6) is 0. The van der Waals surface area contributed by atoms with Gasteiger partial charge in [-0.05, 0) is 6.42 Å². The minimum atomic E-state index is 0.355. The summed E-state index contributed by atoms with van der Waals surface area (Å²) in [5.41, 5.74) is 5.23. The highest BCUT2D eigenvalue weighted by molar-refractivity contribution is 7.80. The van der Waals surface area contributed by atoms with Crippen LogP contribution in [0, 0.1) is 0 Å². The molecule has 0 atom stereocenters. The molecule has 0 saturated heterocycles. The number of hydrogen-bond acceptors (Lipinski definition) is 4. The molecule has 0 aromatic carbocycles. The summed E-state index contributed by atoms with van der Waals surface area (Å²) >= 11 is 4.64. The number of rotatable bonds is 9. The van der Waals surface area contributed by atoms with Crippen molar-refractivity contribution in [2.24, 2.45) is 5.73 Å². The molecule has 0 aliphatic rings. The van der Waals surface area contributed by atoms with Crippen LogP contribution in [0.2, 0.25) is 0 Å². The molecule has 0 amide bonds. The van der Waals surface area contributed by atoms with Gasteiger partial charge in [0.25, 0.3) is 0 Å². The normalized spacial score (nSPS) is 10.2. The highest BCUT2D eigenvalue weighted by atomic mass is 32.1. The van der Waals surface area contributed by atoms with Gasteiger partial charge in [-0.2, -0.15) is 0 Å². The predicted molar refractivity (Wildman–Crippen MR) is 54.9 cm³/mol. The molecule has 0 aromatic rings. The fourth-order valence-electron chi connectivity index (χ4n) is 0.680. The van der Waals surface area contributed by atoms with E-state index in [1.165, 1.54) is 0 Å². The van der Waals surface area contributed by atoms with Crippen molar-refractivity contribution in [1.82, 2.24) is 0 Å². The van der Waals surface area contributed by atoms with Gasteiger partial charge in [0.1, 0.15) is 0 Å². The molecule has 0 heterocycles. The monoisotopic (exact) mass is 207 g/mol. The van der Waals surface area contributed by atoms with Crippen molar-refractivity contribution in [1.29, 1.82) is 0 Å². The summed E-state index contributed by atoms with van der Waals surface area (Å²) in [6.07, 6.45) is 0.853. The quantitative estimate of drug-likeness (QED) is 0.436. The van der Waals surface area contributed by atoms with Crippen LogP contribution in [0.25, 0.3) is 0 Å². The molecule has 13 heavy (non-hydrogen) atoms. The Morgan fingerprint density at radius 3 is 2.46 bits per heavy atom. The van der Waals surface area contributed by atoms with Crippen LogP contribution in [0.5, 0.6) is 0 Å². The molecule has 78 valence electrons. The van der Waals surface area contributed by atoms with Crippen LogP contribution >= 0.6 is 12.2 Å². The van der Waals surface area contributed by atoms with Gasteiger partial charge < -0.3 is 19.9 Å². The molecule has 0 saturated carbocycles. The van der Waals surface area contributed by atoms with Crippen LogP contribution in [0.3, 0.4) is 0 Å². The third kappa shape index (κ3) is 11.8. The van der Waals surface area contributed by atoms with Crippen LogP contribution in [0.15, 0.2) is 0 Å². The van der Waals surface area contributed by atoms with Crippen molar-refractivity contribution >= 4 is 17.2 Å². The van der Waals surface area contributed by atoms with Gasteiger partial charge in [-0.3, -0.25) is 0 Å². The van der Waals surface area contributed by atoms with E-state index in [0.29, 0.717) is 38.0 Å². The summed E-state index contributed by atoms with van der Waals surface area (Å²) in [7, 11) is 1.65. The highest BCUT2D eigenvalue weighted by Gasteiger charge is 1.91. The molecule has 0 aliphatic carbocycles. The minimum Gasteiger partial charge on any atom is -0.391 e. The third-order valence-corrected chi connectivity index (χ3v) is 1.37. The van der Waals surface area contributed by atoms with Gasteiger partial charge in [-0.15, -0.1) is 0 Å². The second kappa shape index (κ2) is 9.85. The molecule has 0 bridgehead atoms. The Morgan fingerprint density at radius 2 is 1.85 bits per heavy atom. The highest BCUT2D eigenvalue weighted by Crippen LogP contribution is 1.85. The zero-order valence-electron chi connectivity index (χ0n) is 7.95. The van der Waals surface area contributed by atoms with E-state index in [1.807, 2.05) is 0 Å². The zero-order valence-corrected chi connectivity index (χ0v) is 8.77. The maximum Gasteiger partial charge on any atom is 0.0989 e. The van der Waals surface area contributed by atoms with Crippen LogP contribution in [-0.2, 0) is 14.2 Å². The van der Waals surface area contributed by atoms with E-state index < -0.39 is 0 Å². The summed E-state index contributed by atoms with van der Waals surface area (Å²) < 4.78 is 15.1. The standard InChI is InChI=1S/C8H17NO3S/c1-10-5-6-11-3-2-4-12-7-8(9)13/h2-7H2,1H3,(H2,9,13). The van der Waals surface area contributed by atoms with Crippen molar-refractivity contribution in [3.63, 3.8) is 0 Å². The van der Waals surface area contributed by atoms with E-state index in [4.69, 9.17) is 19.9 Å². The number of nitrogens with two attached hydrogens (primary N) is 1.